The van der Waals surface area contributed by atoms with E-state index >= 15 is 0 Å². The Balaban J connectivity index is 1.45. The SMILES string of the molecule is CC(CC(C)P(C1CCCCC1)C1CCCCC1)P(C1CCCCC1)C1CCCCC1. The van der Waals surface area contributed by atoms with Gasteiger partial charge in [0.1, 0.15) is 0 Å². The summed E-state index contributed by atoms with van der Waals surface area (Å²) in [5.41, 5.74) is 6.67. The van der Waals surface area contributed by atoms with Crippen molar-refractivity contribution in [2.45, 2.75) is 183 Å². The molecule has 4 rings (SSSR count). The summed E-state index contributed by atoms with van der Waals surface area (Å²) in [7, 11) is 0.520. The van der Waals surface area contributed by atoms with E-state index in [1.165, 1.54) is 25.7 Å². The second kappa shape index (κ2) is 13.1. The van der Waals surface area contributed by atoms with Crippen LogP contribution in [0.25, 0.3) is 0 Å². The molecule has 31 heavy (non-hydrogen) atoms. The number of rotatable bonds is 8. The third-order valence-electron chi connectivity index (χ3n) is 9.69. The molecular formula is C29H54P2. The first-order valence-electron chi connectivity index (χ1n) is 14.8. The van der Waals surface area contributed by atoms with Crippen molar-refractivity contribution in [3.8, 4) is 0 Å². The van der Waals surface area contributed by atoms with Crippen molar-refractivity contribution < 1.29 is 0 Å². The molecule has 0 aromatic carbocycles. The maximum Gasteiger partial charge on any atom is -0.0204 e. The van der Waals surface area contributed by atoms with Crippen LogP contribution < -0.4 is 0 Å². The zero-order valence-corrected chi connectivity index (χ0v) is 23.0. The molecule has 4 saturated carbocycles. The first-order valence-corrected chi connectivity index (χ1v) is 17.9. The van der Waals surface area contributed by atoms with Crippen LogP contribution in [0, 0.1) is 0 Å². The Kier molecular flexibility index (Phi) is 10.5. The standard InChI is InChI=1S/C29H54P2/c1-24(30(26-15-7-3-8-16-26)27-17-9-4-10-18-27)23-25(2)31(28-19-11-5-12-20-28)29-21-13-6-14-22-29/h24-29H,3-23H2,1-2H3. The number of hydrogen-bond donors (Lipinski definition) is 0. The van der Waals surface area contributed by atoms with Crippen molar-refractivity contribution in [3.63, 3.8) is 0 Å². The maximum absolute atomic E-state index is 2.76. The van der Waals surface area contributed by atoms with Gasteiger partial charge in [-0.15, -0.1) is 0 Å². The van der Waals surface area contributed by atoms with Crippen LogP contribution in [0.4, 0.5) is 0 Å². The van der Waals surface area contributed by atoms with Gasteiger partial charge in [-0.2, -0.15) is 0 Å². The Labute approximate surface area is 198 Å². The molecular weight excluding hydrogens is 410 g/mol. The lowest BCUT2D eigenvalue weighted by Crippen LogP contribution is -2.30. The quantitative estimate of drug-likeness (QED) is 0.313. The van der Waals surface area contributed by atoms with Gasteiger partial charge in [0.05, 0.1) is 0 Å². The van der Waals surface area contributed by atoms with Crippen LogP contribution in [-0.4, -0.2) is 34.0 Å². The van der Waals surface area contributed by atoms with Crippen molar-refractivity contribution in [3.05, 3.63) is 0 Å². The molecule has 0 amide bonds. The first kappa shape index (κ1) is 25.0. The van der Waals surface area contributed by atoms with Crippen LogP contribution in [0.15, 0.2) is 0 Å². The molecule has 2 unspecified atom stereocenters. The molecule has 0 saturated heterocycles. The van der Waals surface area contributed by atoms with Gasteiger partial charge >= 0.3 is 0 Å². The van der Waals surface area contributed by atoms with E-state index in [1.807, 2.05) is 0 Å². The lowest BCUT2D eigenvalue weighted by Gasteiger charge is -2.46. The average molecular weight is 465 g/mol. The molecule has 4 aliphatic carbocycles. The first-order chi connectivity index (χ1) is 15.2. The lowest BCUT2D eigenvalue weighted by atomic mass is 9.99. The summed E-state index contributed by atoms with van der Waals surface area (Å²) in [5, 5.41) is 0. The Bertz CT molecular complexity index is 401. The average Bonchev–Trinajstić information content (AvgIpc) is 2.82. The normalized spacial score (nSPS) is 28.3. The second-order valence-corrected chi connectivity index (χ2v) is 18.5. The minimum atomic E-state index is 0.260. The molecule has 0 bridgehead atoms. The third-order valence-corrected chi connectivity index (χ3v) is 17.6. The Hall–Kier alpha value is 0.860. The topological polar surface area (TPSA) is 0 Å². The van der Waals surface area contributed by atoms with Crippen molar-refractivity contribution >= 4 is 15.8 Å². The summed E-state index contributed by atoms with van der Waals surface area (Å²) in [6, 6.07) is 0. The summed E-state index contributed by atoms with van der Waals surface area (Å²) in [4.78, 5) is 0. The van der Waals surface area contributed by atoms with Gasteiger partial charge < -0.3 is 0 Å². The summed E-state index contributed by atoms with van der Waals surface area (Å²) >= 11 is 0. The van der Waals surface area contributed by atoms with Crippen LogP contribution in [0.5, 0.6) is 0 Å². The fraction of sp³-hybridized carbons (Fsp3) is 1.00. The predicted octanol–water partition coefficient (Wildman–Crippen LogP) is 10.4. The molecule has 4 fully saturated rings. The van der Waals surface area contributed by atoms with Gasteiger partial charge in [-0.1, -0.05) is 107 Å². The van der Waals surface area contributed by atoms with E-state index in [0.717, 1.165) is 34.0 Å². The van der Waals surface area contributed by atoms with E-state index in [4.69, 9.17) is 0 Å². The minimum Gasteiger partial charge on any atom is -0.0974 e. The van der Waals surface area contributed by atoms with E-state index in [9.17, 15) is 0 Å². The third kappa shape index (κ3) is 6.94. The van der Waals surface area contributed by atoms with Gasteiger partial charge in [0, 0.05) is 0 Å². The van der Waals surface area contributed by atoms with E-state index in [0.29, 0.717) is 0 Å². The second-order valence-electron chi connectivity index (χ2n) is 12.0. The molecule has 0 aliphatic heterocycles. The molecule has 180 valence electrons. The highest BCUT2D eigenvalue weighted by atomic mass is 31.1. The van der Waals surface area contributed by atoms with E-state index in [1.54, 1.807) is 109 Å². The van der Waals surface area contributed by atoms with Crippen molar-refractivity contribution in [2.24, 2.45) is 0 Å². The van der Waals surface area contributed by atoms with Gasteiger partial charge in [0.25, 0.3) is 0 Å². The summed E-state index contributed by atoms with van der Waals surface area (Å²) in [6.45, 7) is 5.53. The molecule has 0 heterocycles. The lowest BCUT2D eigenvalue weighted by molar-refractivity contribution is 0.475. The predicted molar refractivity (Wildman–Crippen MR) is 145 cm³/mol. The highest BCUT2D eigenvalue weighted by Crippen LogP contribution is 2.64. The molecule has 0 spiro atoms. The van der Waals surface area contributed by atoms with Crippen LogP contribution in [0.3, 0.4) is 0 Å². The molecule has 4 aliphatic rings. The Morgan fingerprint density at radius 2 is 0.645 bits per heavy atom. The molecule has 2 atom stereocenters. The fourth-order valence-electron chi connectivity index (χ4n) is 8.29. The highest BCUT2D eigenvalue weighted by Gasteiger charge is 2.39. The summed E-state index contributed by atoms with van der Waals surface area (Å²) < 4.78 is 0. The highest BCUT2D eigenvalue weighted by molar-refractivity contribution is 7.61. The molecule has 0 aromatic rings. The molecule has 0 aromatic heterocycles. The van der Waals surface area contributed by atoms with E-state index < -0.39 is 0 Å². The largest absolute Gasteiger partial charge is 0.0974 e. The Morgan fingerprint density at radius 3 is 0.871 bits per heavy atom. The molecule has 2 heteroatoms. The number of hydrogen-bond acceptors (Lipinski definition) is 0. The van der Waals surface area contributed by atoms with Gasteiger partial charge in [0.15, 0.2) is 0 Å². The van der Waals surface area contributed by atoms with E-state index in [2.05, 4.69) is 13.8 Å². The Morgan fingerprint density at radius 1 is 0.419 bits per heavy atom. The zero-order valence-electron chi connectivity index (χ0n) is 21.2. The fourth-order valence-corrected chi connectivity index (χ4v) is 17.5. The maximum atomic E-state index is 2.76. The van der Waals surface area contributed by atoms with Gasteiger partial charge in [-0.25, -0.2) is 0 Å². The smallest absolute Gasteiger partial charge is 0.0204 e. The summed E-state index contributed by atoms with van der Waals surface area (Å²) in [5.74, 6) is 0. The van der Waals surface area contributed by atoms with Crippen LogP contribution in [0.2, 0.25) is 0 Å². The van der Waals surface area contributed by atoms with Gasteiger partial charge in [0.2, 0.25) is 0 Å². The minimum absolute atomic E-state index is 0.260. The van der Waals surface area contributed by atoms with Crippen molar-refractivity contribution in [2.75, 3.05) is 0 Å². The zero-order chi connectivity index (χ0) is 21.5. The molecule has 0 nitrogen and oxygen atoms in total. The van der Waals surface area contributed by atoms with Gasteiger partial charge in [-0.05, 0) is 91.7 Å². The van der Waals surface area contributed by atoms with Crippen LogP contribution in [0.1, 0.15) is 149 Å². The molecule has 0 N–H and O–H groups in total. The van der Waals surface area contributed by atoms with Crippen molar-refractivity contribution in [1.29, 1.82) is 0 Å². The molecule has 0 radical (unpaired) electrons. The van der Waals surface area contributed by atoms with Crippen LogP contribution >= 0.6 is 15.8 Å². The van der Waals surface area contributed by atoms with Crippen molar-refractivity contribution in [1.82, 2.24) is 0 Å². The summed E-state index contributed by atoms with van der Waals surface area (Å²) in [6.07, 6.45) is 32.9. The monoisotopic (exact) mass is 464 g/mol. The van der Waals surface area contributed by atoms with Gasteiger partial charge in [-0.3, -0.25) is 0 Å². The van der Waals surface area contributed by atoms with E-state index in [-0.39, 0.29) is 15.8 Å². The van der Waals surface area contributed by atoms with Crippen LogP contribution in [-0.2, 0) is 0 Å².